The number of carbonyl (C=O) groups excluding carboxylic acids is 1. The highest BCUT2D eigenvalue weighted by molar-refractivity contribution is 6.12. The third-order valence-corrected chi connectivity index (χ3v) is 8.11. The molecule has 0 radical (unpaired) electrons. The van der Waals surface area contributed by atoms with Crippen molar-refractivity contribution in [3.8, 4) is 22.6 Å². The van der Waals surface area contributed by atoms with E-state index in [1.54, 1.807) is 18.2 Å². The molecule has 1 fully saturated rings. The van der Waals surface area contributed by atoms with Gasteiger partial charge in [0.1, 0.15) is 5.75 Å². The van der Waals surface area contributed by atoms with E-state index in [2.05, 4.69) is 41.5 Å². The third kappa shape index (κ3) is 5.89. The van der Waals surface area contributed by atoms with E-state index in [4.69, 9.17) is 14.2 Å². The molecule has 226 valence electrons. The lowest BCUT2D eigenvalue weighted by molar-refractivity contribution is -0.385. The van der Waals surface area contributed by atoms with Crippen LogP contribution in [-0.2, 0) is 10.2 Å². The van der Waals surface area contributed by atoms with E-state index in [1.165, 1.54) is 13.2 Å². The van der Waals surface area contributed by atoms with Crippen molar-refractivity contribution in [1.82, 2.24) is 0 Å². The van der Waals surface area contributed by atoms with Gasteiger partial charge in [-0.15, -0.1) is 0 Å². The SMILES string of the molecule is COc1cc(-c2ccc3c(c2)Nc2ccc(C(C)(C)COc4ccc(N5CCOCC5)cc4)cc2NC3=O)ccc1[N+](=O)[O-]. The molecule has 4 aromatic rings. The molecule has 1 amide bonds. The van der Waals surface area contributed by atoms with Gasteiger partial charge in [0.25, 0.3) is 5.91 Å². The zero-order valence-electron chi connectivity index (χ0n) is 24.9. The highest BCUT2D eigenvalue weighted by atomic mass is 16.6. The molecule has 0 aliphatic carbocycles. The number of hydrogen-bond acceptors (Lipinski definition) is 8. The zero-order chi connectivity index (χ0) is 30.8. The Morgan fingerprint density at radius 1 is 0.886 bits per heavy atom. The zero-order valence-corrected chi connectivity index (χ0v) is 24.9. The predicted octanol–water partition coefficient (Wildman–Crippen LogP) is 6.77. The molecular formula is C34H34N4O6. The first-order chi connectivity index (χ1) is 21.2. The van der Waals surface area contributed by atoms with Crippen molar-refractivity contribution in [1.29, 1.82) is 0 Å². The molecule has 2 aliphatic heterocycles. The van der Waals surface area contributed by atoms with E-state index in [1.807, 2.05) is 42.5 Å². The van der Waals surface area contributed by atoms with Gasteiger partial charge in [-0.1, -0.05) is 26.0 Å². The molecular weight excluding hydrogens is 560 g/mol. The Bertz CT molecular complexity index is 1710. The molecule has 2 N–H and O–H groups in total. The minimum Gasteiger partial charge on any atom is -0.493 e. The van der Waals surface area contributed by atoms with Crippen LogP contribution in [0.4, 0.5) is 28.4 Å². The Kier molecular flexibility index (Phi) is 7.84. The average molecular weight is 595 g/mol. The quantitative estimate of drug-likeness (QED) is 0.170. The van der Waals surface area contributed by atoms with Crippen LogP contribution < -0.4 is 25.0 Å². The van der Waals surface area contributed by atoms with Crippen LogP contribution in [0.1, 0.15) is 29.8 Å². The number of hydrogen-bond donors (Lipinski definition) is 2. The number of nitro benzene ring substituents is 1. The molecule has 1 saturated heterocycles. The van der Waals surface area contributed by atoms with Crippen molar-refractivity contribution in [2.24, 2.45) is 0 Å². The van der Waals surface area contributed by atoms with Gasteiger partial charge in [0.15, 0.2) is 5.75 Å². The van der Waals surface area contributed by atoms with Gasteiger partial charge < -0.3 is 29.7 Å². The second-order valence-corrected chi connectivity index (χ2v) is 11.5. The van der Waals surface area contributed by atoms with Crippen LogP contribution >= 0.6 is 0 Å². The fraction of sp³-hybridized carbons (Fsp3) is 0.265. The van der Waals surface area contributed by atoms with E-state index < -0.39 is 4.92 Å². The lowest BCUT2D eigenvalue weighted by atomic mass is 9.85. The van der Waals surface area contributed by atoms with E-state index in [0.29, 0.717) is 23.5 Å². The summed E-state index contributed by atoms with van der Waals surface area (Å²) in [6.07, 6.45) is 0. The lowest BCUT2D eigenvalue weighted by Crippen LogP contribution is -2.36. The number of ether oxygens (including phenoxy) is 3. The summed E-state index contributed by atoms with van der Waals surface area (Å²) in [6, 6.07) is 24.3. The lowest BCUT2D eigenvalue weighted by Gasteiger charge is -2.29. The van der Waals surface area contributed by atoms with Crippen LogP contribution in [0.3, 0.4) is 0 Å². The average Bonchev–Trinajstić information content (AvgIpc) is 3.18. The Hall–Kier alpha value is -5.09. The fourth-order valence-electron chi connectivity index (χ4n) is 5.47. The van der Waals surface area contributed by atoms with Crippen molar-refractivity contribution in [3.63, 3.8) is 0 Å². The van der Waals surface area contributed by atoms with Crippen LogP contribution in [0.5, 0.6) is 11.5 Å². The second kappa shape index (κ2) is 11.9. The molecule has 0 saturated carbocycles. The van der Waals surface area contributed by atoms with Crippen LogP contribution in [0.15, 0.2) is 78.9 Å². The maximum atomic E-state index is 13.3. The molecule has 0 atom stereocenters. The Labute approximate surface area is 255 Å². The summed E-state index contributed by atoms with van der Waals surface area (Å²) in [5.41, 5.74) is 5.80. The van der Waals surface area contributed by atoms with Gasteiger partial charge in [-0.05, 0) is 77.4 Å². The highest BCUT2D eigenvalue weighted by Crippen LogP contribution is 2.39. The van der Waals surface area contributed by atoms with Crippen LogP contribution in [0.25, 0.3) is 11.1 Å². The van der Waals surface area contributed by atoms with Crippen molar-refractivity contribution in [2.75, 3.05) is 55.6 Å². The minimum absolute atomic E-state index is 0.108. The standard InChI is InChI=1S/C34H34N4O6/c1-34(2,21-44-26-9-7-25(8-10-26)37-14-16-43-17-15-37)24-6-12-28-30(20-24)36-33(39)27-11-4-22(18-29(27)35-28)23-5-13-31(38(40)41)32(19-23)42-3/h4-13,18-20,35H,14-17,21H2,1-3H3,(H,36,39). The number of anilines is 4. The number of nitrogens with zero attached hydrogens (tertiary/aromatic N) is 2. The number of morpholine rings is 1. The van der Waals surface area contributed by atoms with E-state index in [0.717, 1.165) is 60.1 Å². The molecule has 4 aromatic carbocycles. The molecule has 0 spiro atoms. The van der Waals surface area contributed by atoms with E-state index in [-0.39, 0.29) is 22.8 Å². The summed E-state index contributed by atoms with van der Waals surface area (Å²) in [6.45, 7) is 7.94. The second-order valence-electron chi connectivity index (χ2n) is 11.5. The maximum Gasteiger partial charge on any atom is 0.310 e. The number of benzene rings is 4. The fourth-order valence-corrected chi connectivity index (χ4v) is 5.47. The van der Waals surface area contributed by atoms with Gasteiger partial charge in [-0.2, -0.15) is 0 Å². The Balaban J connectivity index is 1.19. The predicted molar refractivity (Wildman–Crippen MR) is 171 cm³/mol. The molecule has 2 aliphatic rings. The van der Waals surface area contributed by atoms with E-state index in [9.17, 15) is 14.9 Å². The van der Waals surface area contributed by atoms with Crippen molar-refractivity contribution < 1.29 is 23.9 Å². The number of carbonyl (C=O) groups is 1. The van der Waals surface area contributed by atoms with Gasteiger partial charge in [0.2, 0.25) is 0 Å². The molecule has 2 heterocycles. The number of methoxy groups -OCH3 is 1. The summed E-state index contributed by atoms with van der Waals surface area (Å²) >= 11 is 0. The van der Waals surface area contributed by atoms with Gasteiger partial charge >= 0.3 is 5.69 Å². The first kappa shape index (κ1) is 29.0. The van der Waals surface area contributed by atoms with Gasteiger partial charge in [-0.3, -0.25) is 14.9 Å². The van der Waals surface area contributed by atoms with Gasteiger partial charge in [0.05, 0.1) is 54.5 Å². The summed E-state index contributed by atoms with van der Waals surface area (Å²) in [7, 11) is 1.40. The molecule has 44 heavy (non-hydrogen) atoms. The first-order valence-corrected chi connectivity index (χ1v) is 14.5. The van der Waals surface area contributed by atoms with E-state index >= 15 is 0 Å². The van der Waals surface area contributed by atoms with Gasteiger partial charge in [0, 0.05) is 30.3 Å². The molecule has 10 heteroatoms. The summed E-state index contributed by atoms with van der Waals surface area (Å²) in [4.78, 5) is 26.4. The Morgan fingerprint density at radius 2 is 1.61 bits per heavy atom. The molecule has 6 rings (SSSR count). The maximum absolute atomic E-state index is 13.3. The third-order valence-electron chi connectivity index (χ3n) is 8.11. The van der Waals surface area contributed by atoms with Crippen LogP contribution in [0.2, 0.25) is 0 Å². The first-order valence-electron chi connectivity index (χ1n) is 14.5. The smallest absolute Gasteiger partial charge is 0.310 e. The number of rotatable bonds is 8. The van der Waals surface area contributed by atoms with Crippen molar-refractivity contribution in [3.05, 3.63) is 100 Å². The summed E-state index contributed by atoms with van der Waals surface area (Å²) in [5, 5.41) is 17.8. The molecule has 0 bridgehead atoms. The summed E-state index contributed by atoms with van der Waals surface area (Å²) in [5.74, 6) is 0.741. The highest BCUT2D eigenvalue weighted by Gasteiger charge is 2.26. The number of nitro groups is 1. The Morgan fingerprint density at radius 3 is 2.34 bits per heavy atom. The van der Waals surface area contributed by atoms with Crippen molar-refractivity contribution >= 4 is 34.3 Å². The minimum atomic E-state index is -0.478. The van der Waals surface area contributed by atoms with Crippen LogP contribution in [0, 0.1) is 10.1 Å². The number of amides is 1. The van der Waals surface area contributed by atoms with Crippen LogP contribution in [-0.4, -0.2) is 50.9 Å². The molecule has 0 aromatic heterocycles. The summed E-state index contributed by atoms with van der Waals surface area (Å²) < 4.78 is 16.9. The molecule has 10 nitrogen and oxygen atoms in total. The number of fused-ring (bicyclic) bond motifs is 2. The normalized spacial score (nSPS) is 14.4. The molecule has 0 unspecified atom stereocenters. The number of nitrogens with one attached hydrogen (secondary N) is 2. The van der Waals surface area contributed by atoms with Crippen molar-refractivity contribution in [2.45, 2.75) is 19.3 Å². The monoisotopic (exact) mass is 594 g/mol. The topological polar surface area (TPSA) is 115 Å². The van der Waals surface area contributed by atoms with Gasteiger partial charge in [-0.25, -0.2) is 0 Å². The largest absolute Gasteiger partial charge is 0.493 e.